The zero-order chi connectivity index (χ0) is 28.5. The fourth-order valence-corrected chi connectivity index (χ4v) is 4.91. The third-order valence-electron chi connectivity index (χ3n) is 5.84. The number of thiophene rings is 1. The van der Waals surface area contributed by atoms with E-state index in [0.717, 1.165) is 9.44 Å². The number of anilines is 1. The van der Waals surface area contributed by atoms with Gasteiger partial charge in [0.25, 0.3) is 11.5 Å². The minimum Gasteiger partial charge on any atom is -0.477 e. The number of nitrogens with one attached hydrogen (secondary N) is 1. The molecule has 202 valence electrons. The van der Waals surface area contributed by atoms with Gasteiger partial charge in [0.2, 0.25) is 5.78 Å². The molecule has 39 heavy (non-hydrogen) atoms. The number of aromatic carboxylic acids is 1. The van der Waals surface area contributed by atoms with Crippen LogP contribution in [0.4, 0.5) is 5.82 Å². The Morgan fingerprint density at radius 1 is 1.13 bits per heavy atom. The number of carboxylic acid groups (broad SMARTS) is 1. The molecule has 10 nitrogen and oxygen atoms in total. The molecule has 0 radical (unpaired) electrons. The zero-order valence-corrected chi connectivity index (χ0v) is 23.3. The van der Waals surface area contributed by atoms with Gasteiger partial charge in [-0.15, -0.1) is 11.3 Å². The second kappa shape index (κ2) is 11.0. The van der Waals surface area contributed by atoms with E-state index in [2.05, 4.69) is 15.4 Å². The number of carbonyl (C=O) groups is 3. The monoisotopic (exact) mass is 567 g/mol. The largest absolute Gasteiger partial charge is 0.477 e. The highest BCUT2D eigenvalue weighted by molar-refractivity contribution is 7.16. The lowest BCUT2D eigenvalue weighted by atomic mass is 9.96. The maximum atomic E-state index is 13.4. The van der Waals surface area contributed by atoms with Gasteiger partial charge in [0.1, 0.15) is 22.8 Å². The highest BCUT2D eigenvalue weighted by atomic mass is 35.5. The van der Waals surface area contributed by atoms with Crippen molar-refractivity contribution in [2.45, 2.75) is 40.8 Å². The van der Waals surface area contributed by atoms with Gasteiger partial charge in [-0.1, -0.05) is 38.4 Å². The van der Waals surface area contributed by atoms with Crippen LogP contribution in [0.1, 0.15) is 56.9 Å². The number of pyridine rings is 2. The van der Waals surface area contributed by atoms with E-state index in [1.807, 2.05) is 6.07 Å². The molecule has 0 aromatic carbocycles. The number of nitrogens with zero attached hydrogens (tertiary/aromatic N) is 4. The maximum Gasteiger partial charge on any atom is 0.341 e. The van der Waals surface area contributed by atoms with Crippen LogP contribution in [0.25, 0.3) is 11.4 Å². The first-order chi connectivity index (χ1) is 18.4. The number of carbonyl (C=O) groups excluding carboxylic acids is 2. The molecule has 4 heterocycles. The van der Waals surface area contributed by atoms with Crippen molar-refractivity contribution < 1.29 is 19.5 Å². The average molecular weight is 568 g/mol. The van der Waals surface area contributed by atoms with Gasteiger partial charge < -0.3 is 10.4 Å². The molecule has 0 fully saturated rings. The van der Waals surface area contributed by atoms with E-state index in [9.17, 15) is 24.3 Å². The molecule has 0 unspecified atom stereocenters. The van der Waals surface area contributed by atoms with Crippen molar-refractivity contribution in [2.24, 2.45) is 5.41 Å². The minimum atomic E-state index is -1.41. The van der Waals surface area contributed by atoms with E-state index in [1.165, 1.54) is 41.3 Å². The van der Waals surface area contributed by atoms with Crippen LogP contribution in [-0.4, -0.2) is 42.1 Å². The van der Waals surface area contributed by atoms with Crippen LogP contribution in [0.2, 0.25) is 4.34 Å². The zero-order valence-electron chi connectivity index (χ0n) is 21.7. The second-order valence-corrected chi connectivity index (χ2v) is 11.7. The van der Waals surface area contributed by atoms with Crippen LogP contribution >= 0.6 is 22.9 Å². The molecule has 0 aliphatic rings. The van der Waals surface area contributed by atoms with Gasteiger partial charge in [0.15, 0.2) is 0 Å². The molecule has 0 saturated carbocycles. The summed E-state index contributed by atoms with van der Waals surface area (Å²) in [5, 5.41) is 17.4. The third kappa shape index (κ3) is 5.99. The number of aryl methyl sites for hydroxylation is 1. The predicted molar refractivity (Wildman–Crippen MR) is 149 cm³/mol. The Kier molecular flexibility index (Phi) is 7.84. The number of ketones is 1. The molecule has 4 rings (SSSR count). The molecule has 0 atom stereocenters. The van der Waals surface area contributed by atoms with Crippen LogP contribution in [0.5, 0.6) is 0 Å². The first-order valence-electron chi connectivity index (χ1n) is 11.9. The number of aromatic nitrogens is 4. The molecule has 0 bridgehead atoms. The van der Waals surface area contributed by atoms with Crippen LogP contribution < -0.4 is 10.9 Å². The van der Waals surface area contributed by atoms with Gasteiger partial charge in [-0.3, -0.25) is 23.9 Å². The van der Waals surface area contributed by atoms with Crippen molar-refractivity contribution in [3.05, 3.63) is 85.0 Å². The lowest BCUT2D eigenvalue weighted by Crippen LogP contribution is -2.32. The Morgan fingerprint density at radius 2 is 1.87 bits per heavy atom. The number of halogens is 1. The lowest BCUT2D eigenvalue weighted by Gasteiger charge is -2.18. The quantitative estimate of drug-likeness (QED) is 0.284. The number of rotatable bonds is 8. The molecule has 0 saturated heterocycles. The summed E-state index contributed by atoms with van der Waals surface area (Å²) in [6, 6.07) is 11.5. The van der Waals surface area contributed by atoms with E-state index in [4.69, 9.17) is 11.6 Å². The van der Waals surface area contributed by atoms with E-state index in [0.29, 0.717) is 16.7 Å². The number of hydrogen-bond donors (Lipinski definition) is 2. The van der Waals surface area contributed by atoms with Crippen molar-refractivity contribution in [3.63, 3.8) is 0 Å². The summed E-state index contributed by atoms with van der Waals surface area (Å²) in [4.78, 5) is 56.5. The van der Waals surface area contributed by atoms with Gasteiger partial charge >= 0.3 is 5.97 Å². The number of hydrogen-bond acceptors (Lipinski definition) is 8. The van der Waals surface area contributed by atoms with Crippen LogP contribution in [0.15, 0.2) is 53.5 Å². The summed E-state index contributed by atoms with van der Waals surface area (Å²) in [7, 11) is 0. The first kappa shape index (κ1) is 27.9. The number of Topliss-reactive ketones (excluding diaryl/α,β-unsaturated/α-hetero) is 1. The van der Waals surface area contributed by atoms with Gasteiger partial charge in [0.05, 0.1) is 23.1 Å². The smallest absolute Gasteiger partial charge is 0.341 e. The summed E-state index contributed by atoms with van der Waals surface area (Å²) in [6.07, 6.45) is 1.45. The first-order valence-corrected chi connectivity index (χ1v) is 13.1. The van der Waals surface area contributed by atoms with Crippen molar-refractivity contribution >= 4 is 46.4 Å². The van der Waals surface area contributed by atoms with E-state index < -0.39 is 34.8 Å². The van der Waals surface area contributed by atoms with E-state index in [-0.39, 0.29) is 28.6 Å². The molecule has 4 aromatic heterocycles. The normalized spacial score (nSPS) is 11.4. The van der Waals surface area contributed by atoms with Gasteiger partial charge in [-0.2, -0.15) is 9.78 Å². The molecule has 2 N–H and O–H groups in total. The Hall–Kier alpha value is -4.09. The molecule has 12 heteroatoms. The van der Waals surface area contributed by atoms with Crippen molar-refractivity contribution in [1.29, 1.82) is 0 Å². The molecule has 0 aliphatic heterocycles. The Morgan fingerprint density at radius 3 is 2.46 bits per heavy atom. The average Bonchev–Trinajstić information content (AvgIpc) is 3.49. The van der Waals surface area contributed by atoms with E-state index >= 15 is 0 Å². The fourth-order valence-electron chi connectivity index (χ4n) is 3.88. The number of carboxylic acids is 1. The SMILES string of the molecule is Cc1cc(-c2cc(NCc3ccc(Cl)s3)n(C(=O)C(C)(C)C)n2)n(CC(=O)c2ccccn2)c(=O)c1C(=O)O. The summed E-state index contributed by atoms with van der Waals surface area (Å²) in [5.41, 5.74) is -1.38. The molecular weight excluding hydrogens is 542 g/mol. The Bertz CT molecular complexity index is 1630. The highest BCUT2D eigenvalue weighted by Gasteiger charge is 2.29. The summed E-state index contributed by atoms with van der Waals surface area (Å²) in [5.74, 6) is -1.84. The van der Waals surface area contributed by atoms with Crippen LogP contribution in [0, 0.1) is 12.3 Å². The van der Waals surface area contributed by atoms with Gasteiger partial charge in [-0.25, -0.2) is 4.79 Å². The van der Waals surface area contributed by atoms with Gasteiger partial charge in [0, 0.05) is 22.6 Å². The molecule has 0 aliphatic carbocycles. The topological polar surface area (TPSA) is 136 Å². The fraction of sp³-hybridized carbons (Fsp3) is 0.259. The van der Waals surface area contributed by atoms with Crippen LogP contribution in [0.3, 0.4) is 0 Å². The van der Waals surface area contributed by atoms with Crippen molar-refractivity contribution in [2.75, 3.05) is 5.32 Å². The van der Waals surface area contributed by atoms with E-state index in [1.54, 1.807) is 45.0 Å². The summed E-state index contributed by atoms with van der Waals surface area (Å²) >= 11 is 7.44. The minimum absolute atomic E-state index is 0.123. The second-order valence-electron chi connectivity index (χ2n) is 9.86. The predicted octanol–water partition coefficient (Wildman–Crippen LogP) is 5.01. The summed E-state index contributed by atoms with van der Waals surface area (Å²) in [6.45, 7) is 6.66. The summed E-state index contributed by atoms with van der Waals surface area (Å²) < 4.78 is 2.91. The molecule has 4 aromatic rings. The standard InChI is InChI=1S/C27H26ClN5O5S/c1-15-11-19(32(24(35)23(15)25(36)37)14-20(34)17-7-5-6-10-29-17)18-12-22(30-13-16-8-9-21(28)39-16)33(31-18)26(38)27(2,3)4/h5-12,30H,13-14H2,1-4H3,(H,36,37). The van der Waals surface area contributed by atoms with Crippen molar-refractivity contribution in [3.8, 4) is 11.4 Å². The third-order valence-corrected chi connectivity index (χ3v) is 7.07. The molecular formula is C27H26ClN5O5S. The Labute approximate surface area is 232 Å². The molecule has 0 spiro atoms. The molecule has 0 amide bonds. The lowest BCUT2D eigenvalue weighted by molar-refractivity contribution is 0.0691. The van der Waals surface area contributed by atoms with Crippen molar-refractivity contribution in [1.82, 2.24) is 19.3 Å². The van der Waals surface area contributed by atoms with Gasteiger partial charge in [-0.05, 0) is 42.8 Å². The van der Waals surface area contributed by atoms with Crippen LogP contribution in [-0.2, 0) is 13.1 Å². The highest BCUT2D eigenvalue weighted by Crippen LogP contribution is 2.28. The maximum absolute atomic E-state index is 13.4. The Balaban J connectivity index is 1.85.